The molecule has 1 aromatic rings. The normalized spacial score (nSPS) is 18.0. The second kappa shape index (κ2) is 9.78. The molecule has 0 saturated carbocycles. The van der Waals surface area contributed by atoms with Gasteiger partial charge in [-0.1, -0.05) is 6.07 Å². The van der Waals surface area contributed by atoms with Crippen LogP contribution in [0.2, 0.25) is 0 Å². The second-order valence-corrected chi connectivity index (χ2v) is 9.31. The average Bonchev–Trinajstić information content (AvgIpc) is 3.03. The Labute approximate surface area is 171 Å². The lowest BCUT2D eigenvalue weighted by Crippen LogP contribution is -2.40. The van der Waals surface area contributed by atoms with Gasteiger partial charge in [-0.2, -0.15) is 0 Å². The van der Waals surface area contributed by atoms with E-state index in [-0.39, 0.29) is 23.7 Å². The van der Waals surface area contributed by atoms with Gasteiger partial charge in [-0.05, 0) is 44.0 Å². The molecule has 8 nitrogen and oxygen atoms in total. The Morgan fingerprint density at radius 1 is 1.28 bits per heavy atom. The molecule has 0 aliphatic carbocycles. The summed E-state index contributed by atoms with van der Waals surface area (Å²) in [7, 11) is -0.0441. The first kappa shape index (κ1) is 22.7. The molecule has 1 fully saturated rings. The van der Waals surface area contributed by atoms with Crippen LogP contribution in [0.15, 0.2) is 24.3 Å². The lowest BCUT2D eigenvalue weighted by molar-refractivity contribution is -0.148. The van der Waals surface area contributed by atoms with Crippen molar-refractivity contribution >= 4 is 27.8 Å². The molecule has 160 valence electrons. The molecule has 1 heterocycles. The molecule has 29 heavy (non-hydrogen) atoms. The largest absolute Gasteiger partial charge is 0.493 e. The number of rotatable bonds is 8. The number of amides is 1. The molecule has 0 radical (unpaired) electrons. The van der Waals surface area contributed by atoms with Crippen molar-refractivity contribution in [2.45, 2.75) is 32.4 Å². The smallest absolute Gasteiger partial charge is 0.331 e. The Balaban J connectivity index is 1.88. The number of likely N-dealkylation sites (N-methyl/N-ethyl adjacent to an activating group) is 1. The van der Waals surface area contributed by atoms with Gasteiger partial charge in [-0.15, -0.1) is 0 Å². The fourth-order valence-corrected chi connectivity index (χ4v) is 4.65. The molecule has 1 saturated heterocycles. The SMILES string of the molecule is COc1cc(/C=C/C(=O)OCC(=O)N(C)[C@H]2CCS(=O)(=O)C2)ccc1OC(C)C. The van der Waals surface area contributed by atoms with E-state index in [0.717, 1.165) is 0 Å². The first-order valence-electron chi connectivity index (χ1n) is 9.27. The molecule has 0 unspecified atom stereocenters. The maximum absolute atomic E-state index is 12.1. The fraction of sp³-hybridized carbons (Fsp3) is 0.500. The highest BCUT2D eigenvalue weighted by Gasteiger charge is 2.32. The summed E-state index contributed by atoms with van der Waals surface area (Å²) in [5.74, 6) is 0.0456. The van der Waals surface area contributed by atoms with Gasteiger partial charge in [0, 0.05) is 19.2 Å². The predicted octanol–water partition coefficient (Wildman–Crippen LogP) is 1.68. The Morgan fingerprint density at radius 3 is 2.59 bits per heavy atom. The van der Waals surface area contributed by atoms with E-state index in [2.05, 4.69) is 0 Å². The van der Waals surface area contributed by atoms with E-state index in [1.54, 1.807) is 24.3 Å². The molecule has 9 heteroatoms. The topological polar surface area (TPSA) is 99.2 Å². The zero-order chi connectivity index (χ0) is 21.6. The van der Waals surface area contributed by atoms with E-state index in [9.17, 15) is 18.0 Å². The van der Waals surface area contributed by atoms with Gasteiger partial charge in [0.1, 0.15) is 0 Å². The van der Waals surface area contributed by atoms with Gasteiger partial charge in [0.15, 0.2) is 27.9 Å². The van der Waals surface area contributed by atoms with E-state index in [4.69, 9.17) is 14.2 Å². The van der Waals surface area contributed by atoms with Crippen molar-refractivity contribution in [2.75, 3.05) is 32.3 Å². The number of sulfone groups is 1. The minimum atomic E-state index is -3.09. The minimum Gasteiger partial charge on any atom is -0.493 e. The van der Waals surface area contributed by atoms with Crippen LogP contribution < -0.4 is 9.47 Å². The van der Waals surface area contributed by atoms with Gasteiger partial charge in [0.25, 0.3) is 5.91 Å². The lowest BCUT2D eigenvalue weighted by atomic mass is 10.2. The Hall–Kier alpha value is -2.55. The van der Waals surface area contributed by atoms with Crippen LogP contribution in [-0.2, 0) is 24.2 Å². The molecule has 0 spiro atoms. The molecule has 0 aromatic heterocycles. The number of methoxy groups -OCH3 is 1. The first-order valence-corrected chi connectivity index (χ1v) is 11.1. The molecule has 1 aromatic carbocycles. The third kappa shape index (κ3) is 6.77. The Kier molecular flexibility index (Phi) is 7.66. The summed E-state index contributed by atoms with van der Waals surface area (Å²) < 4.78 is 38.9. The summed E-state index contributed by atoms with van der Waals surface area (Å²) in [5, 5.41) is 0. The van der Waals surface area contributed by atoms with Crippen LogP contribution in [-0.4, -0.2) is 69.6 Å². The zero-order valence-corrected chi connectivity index (χ0v) is 17.9. The van der Waals surface area contributed by atoms with E-state index < -0.39 is 28.3 Å². The van der Waals surface area contributed by atoms with Crippen molar-refractivity contribution < 1.29 is 32.2 Å². The summed E-state index contributed by atoms with van der Waals surface area (Å²) in [6, 6.07) is 4.86. The molecule has 1 amide bonds. The van der Waals surface area contributed by atoms with E-state index in [1.807, 2.05) is 13.8 Å². The Morgan fingerprint density at radius 2 is 2.00 bits per heavy atom. The second-order valence-electron chi connectivity index (χ2n) is 7.08. The third-order valence-electron chi connectivity index (χ3n) is 4.45. The van der Waals surface area contributed by atoms with Crippen LogP contribution in [0.1, 0.15) is 25.8 Å². The number of esters is 1. The summed E-state index contributed by atoms with van der Waals surface area (Å²) in [6.07, 6.45) is 3.16. The predicted molar refractivity (Wildman–Crippen MR) is 109 cm³/mol. The molecule has 0 bridgehead atoms. The van der Waals surface area contributed by atoms with Crippen LogP contribution in [0.25, 0.3) is 6.08 Å². The monoisotopic (exact) mass is 425 g/mol. The highest BCUT2D eigenvalue weighted by Crippen LogP contribution is 2.29. The Bertz CT molecular complexity index is 877. The number of benzene rings is 1. The van der Waals surface area contributed by atoms with Gasteiger partial charge in [0.2, 0.25) is 0 Å². The third-order valence-corrected chi connectivity index (χ3v) is 6.20. The number of carbonyl (C=O) groups excluding carboxylic acids is 2. The summed E-state index contributed by atoms with van der Waals surface area (Å²) in [5.41, 5.74) is 0.703. The molecular formula is C20H27NO7S. The first-order chi connectivity index (χ1) is 13.6. The van der Waals surface area contributed by atoms with Gasteiger partial charge in [0.05, 0.1) is 24.7 Å². The maximum Gasteiger partial charge on any atom is 0.331 e. The zero-order valence-electron chi connectivity index (χ0n) is 17.1. The average molecular weight is 426 g/mol. The van der Waals surface area contributed by atoms with Crippen molar-refractivity contribution in [3.8, 4) is 11.5 Å². The van der Waals surface area contributed by atoms with Crippen molar-refractivity contribution in [3.05, 3.63) is 29.8 Å². The van der Waals surface area contributed by atoms with Crippen molar-refractivity contribution in [1.29, 1.82) is 0 Å². The number of hydrogen-bond acceptors (Lipinski definition) is 7. The van der Waals surface area contributed by atoms with E-state index >= 15 is 0 Å². The molecule has 1 aliphatic rings. The summed E-state index contributed by atoms with van der Waals surface area (Å²) >= 11 is 0. The lowest BCUT2D eigenvalue weighted by Gasteiger charge is -2.22. The highest BCUT2D eigenvalue weighted by molar-refractivity contribution is 7.91. The molecule has 1 atom stereocenters. The van der Waals surface area contributed by atoms with Gasteiger partial charge < -0.3 is 19.1 Å². The number of nitrogens with zero attached hydrogens (tertiary/aromatic N) is 1. The maximum atomic E-state index is 12.1. The summed E-state index contributed by atoms with van der Waals surface area (Å²) in [6.45, 7) is 3.38. The van der Waals surface area contributed by atoms with E-state index in [0.29, 0.717) is 23.5 Å². The number of hydrogen-bond donors (Lipinski definition) is 0. The standard InChI is InChI=1S/C20H27NO7S/c1-14(2)28-17-7-5-15(11-18(17)26-4)6-8-20(23)27-12-19(22)21(3)16-9-10-29(24,25)13-16/h5-8,11,14,16H,9-10,12-13H2,1-4H3/b8-6+/t16-/m0/s1. The van der Waals surface area contributed by atoms with Gasteiger partial charge in [-0.25, -0.2) is 13.2 Å². The van der Waals surface area contributed by atoms with Crippen molar-refractivity contribution in [1.82, 2.24) is 4.90 Å². The summed E-state index contributed by atoms with van der Waals surface area (Å²) in [4.78, 5) is 25.4. The van der Waals surface area contributed by atoms with Crippen LogP contribution >= 0.6 is 0 Å². The van der Waals surface area contributed by atoms with Crippen LogP contribution in [0.4, 0.5) is 0 Å². The molecular weight excluding hydrogens is 398 g/mol. The van der Waals surface area contributed by atoms with Gasteiger partial charge in [-0.3, -0.25) is 4.79 Å². The molecule has 1 aliphatic heterocycles. The van der Waals surface area contributed by atoms with Crippen LogP contribution in [0.3, 0.4) is 0 Å². The van der Waals surface area contributed by atoms with Crippen LogP contribution in [0.5, 0.6) is 11.5 Å². The number of carbonyl (C=O) groups is 2. The van der Waals surface area contributed by atoms with E-state index in [1.165, 1.54) is 25.1 Å². The van der Waals surface area contributed by atoms with Crippen molar-refractivity contribution in [2.24, 2.45) is 0 Å². The van der Waals surface area contributed by atoms with Crippen molar-refractivity contribution in [3.63, 3.8) is 0 Å². The quantitative estimate of drug-likeness (QED) is 0.462. The van der Waals surface area contributed by atoms with Crippen LogP contribution in [0, 0.1) is 0 Å². The molecule has 2 rings (SSSR count). The number of ether oxygens (including phenoxy) is 3. The minimum absolute atomic E-state index is 0.000258. The fourth-order valence-electron chi connectivity index (χ4n) is 2.87. The van der Waals surface area contributed by atoms with Gasteiger partial charge >= 0.3 is 5.97 Å². The molecule has 0 N–H and O–H groups in total. The highest BCUT2D eigenvalue weighted by atomic mass is 32.2.